The van der Waals surface area contributed by atoms with Gasteiger partial charge in [-0.15, -0.1) is 0 Å². The van der Waals surface area contributed by atoms with Crippen molar-refractivity contribution >= 4 is 29.4 Å². The number of hydrogen-bond donors (Lipinski definition) is 1. The van der Waals surface area contributed by atoms with Crippen LogP contribution in [0.1, 0.15) is 48.1 Å². The smallest absolute Gasteiger partial charge is 0.309 e. The van der Waals surface area contributed by atoms with Crippen molar-refractivity contribution < 1.29 is 19.1 Å². The highest BCUT2D eigenvalue weighted by molar-refractivity contribution is 6.33. The van der Waals surface area contributed by atoms with Gasteiger partial charge >= 0.3 is 5.97 Å². The number of hydrogen-bond acceptors (Lipinski definition) is 4. The van der Waals surface area contributed by atoms with Gasteiger partial charge < -0.3 is 15.0 Å². The SMILES string of the molecule is CCOC(=O)C1CCN(C(=O)CC(NC(=O)c2ccccc2Cl)c2ccccc2)CC1. The second kappa shape index (κ2) is 11.0. The number of carbonyl (C=O) groups excluding carboxylic acids is 3. The maximum absolute atomic E-state index is 13.0. The number of rotatable bonds is 7. The summed E-state index contributed by atoms with van der Waals surface area (Å²) in [4.78, 5) is 39.5. The lowest BCUT2D eigenvalue weighted by Crippen LogP contribution is -2.42. The van der Waals surface area contributed by atoms with Gasteiger partial charge in [-0.2, -0.15) is 0 Å². The number of esters is 1. The van der Waals surface area contributed by atoms with E-state index in [2.05, 4.69) is 5.32 Å². The van der Waals surface area contributed by atoms with Crippen molar-refractivity contribution in [2.45, 2.75) is 32.2 Å². The maximum Gasteiger partial charge on any atom is 0.309 e. The number of nitrogens with one attached hydrogen (secondary N) is 1. The van der Waals surface area contributed by atoms with Crippen LogP contribution in [0.15, 0.2) is 54.6 Å². The minimum Gasteiger partial charge on any atom is -0.466 e. The molecule has 7 heteroatoms. The molecule has 2 aromatic rings. The fourth-order valence-electron chi connectivity index (χ4n) is 3.75. The van der Waals surface area contributed by atoms with Crippen LogP contribution in [0, 0.1) is 5.92 Å². The molecule has 164 valence electrons. The highest BCUT2D eigenvalue weighted by atomic mass is 35.5. The van der Waals surface area contributed by atoms with Crippen LogP contribution in [-0.2, 0) is 14.3 Å². The quantitative estimate of drug-likeness (QED) is 0.657. The normalized spacial score (nSPS) is 15.2. The average Bonchev–Trinajstić information content (AvgIpc) is 2.79. The van der Waals surface area contributed by atoms with E-state index in [-0.39, 0.29) is 30.1 Å². The van der Waals surface area contributed by atoms with Gasteiger partial charge in [0.2, 0.25) is 5.91 Å². The Bertz CT molecular complexity index is 911. The minimum atomic E-state index is -0.486. The molecule has 0 radical (unpaired) electrons. The van der Waals surface area contributed by atoms with Gasteiger partial charge in [0.1, 0.15) is 0 Å². The molecule has 31 heavy (non-hydrogen) atoms. The van der Waals surface area contributed by atoms with Gasteiger partial charge in [-0.25, -0.2) is 0 Å². The van der Waals surface area contributed by atoms with E-state index in [1.54, 1.807) is 36.1 Å². The van der Waals surface area contributed by atoms with Crippen LogP contribution >= 0.6 is 11.6 Å². The molecule has 1 heterocycles. The van der Waals surface area contributed by atoms with Gasteiger partial charge in [0, 0.05) is 13.1 Å². The Morgan fingerprint density at radius 2 is 1.71 bits per heavy atom. The third-order valence-electron chi connectivity index (χ3n) is 5.47. The topological polar surface area (TPSA) is 75.7 Å². The van der Waals surface area contributed by atoms with Crippen molar-refractivity contribution in [2.24, 2.45) is 5.92 Å². The molecule has 0 saturated carbocycles. The van der Waals surface area contributed by atoms with Crippen molar-refractivity contribution in [2.75, 3.05) is 19.7 Å². The van der Waals surface area contributed by atoms with Gasteiger partial charge in [0.05, 0.1) is 35.6 Å². The maximum atomic E-state index is 13.0. The standard InChI is InChI=1S/C24H27ClN2O4/c1-2-31-24(30)18-12-14-27(15-13-18)22(28)16-21(17-8-4-3-5-9-17)26-23(29)19-10-6-7-11-20(19)25/h3-11,18,21H,2,12-16H2,1H3,(H,26,29). The van der Waals surface area contributed by atoms with E-state index < -0.39 is 6.04 Å². The van der Waals surface area contributed by atoms with Crippen LogP contribution in [0.2, 0.25) is 5.02 Å². The van der Waals surface area contributed by atoms with Gasteiger partial charge in [0.25, 0.3) is 5.91 Å². The highest BCUT2D eigenvalue weighted by Crippen LogP contribution is 2.24. The van der Waals surface area contributed by atoms with Gasteiger partial charge in [-0.1, -0.05) is 54.1 Å². The number of carbonyl (C=O) groups is 3. The number of piperidine rings is 1. The number of benzene rings is 2. The third kappa shape index (κ3) is 6.07. The summed E-state index contributed by atoms with van der Waals surface area (Å²) in [6.45, 7) is 3.16. The first-order valence-corrected chi connectivity index (χ1v) is 10.9. The number of nitrogens with zero attached hydrogens (tertiary/aromatic N) is 1. The zero-order chi connectivity index (χ0) is 22.2. The molecule has 1 aliphatic rings. The Hall–Kier alpha value is -2.86. The first kappa shape index (κ1) is 22.8. The summed E-state index contributed by atoms with van der Waals surface area (Å²) in [5, 5.41) is 3.32. The molecule has 1 saturated heterocycles. The molecular formula is C24H27ClN2O4. The van der Waals surface area contributed by atoms with Crippen molar-refractivity contribution in [1.82, 2.24) is 10.2 Å². The van der Waals surface area contributed by atoms with E-state index in [0.717, 1.165) is 5.56 Å². The highest BCUT2D eigenvalue weighted by Gasteiger charge is 2.30. The van der Waals surface area contributed by atoms with Gasteiger partial charge in [-0.3, -0.25) is 14.4 Å². The summed E-state index contributed by atoms with van der Waals surface area (Å²) in [7, 11) is 0. The molecule has 0 spiro atoms. The molecule has 1 unspecified atom stereocenters. The summed E-state index contributed by atoms with van der Waals surface area (Å²) >= 11 is 6.16. The van der Waals surface area contributed by atoms with Crippen molar-refractivity contribution in [3.05, 3.63) is 70.7 Å². The predicted molar refractivity (Wildman–Crippen MR) is 119 cm³/mol. The fourth-order valence-corrected chi connectivity index (χ4v) is 3.97. The summed E-state index contributed by atoms with van der Waals surface area (Å²) in [6.07, 6.45) is 1.31. The predicted octanol–water partition coefficient (Wildman–Crippen LogP) is 4.00. The second-order valence-electron chi connectivity index (χ2n) is 7.53. The van der Waals surface area contributed by atoms with Crippen molar-refractivity contribution in [3.8, 4) is 0 Å². The van der Waals surface area contributed by atoms with E-state index in [9.17, 15) is 14.4 Å². The lowest BCUT2D eigenvalue weighted by Gasteiger charge is -2.32. The first-order valence-electron chi connectivity index (χ1n) is 10.5. The molecule has 0 aromatic heterocycles. The Morgan fingerprint density at radius 3 is 2.35 bits per heavy atom. The van der Waals surface area contributed by atoms with E-state index in [1.807, 2.05) is 30.3 Å². The molecule has 2 aromatic carbocycles. The monoisotopic (exact) mass is 442 g/mol. The van der Waals surface area contributed by atoms with E-state index in [0.29, 0.717) is 43.1 Å². The molecular weight excluding hydrogens is 416 g/mol. The van der Waals surface area contributed by atoms with E-state index >= 15 is 0 Å². The summed E-state index contributed by atoms with van der Waals surface area (Å²) in [5.41, 5.74) is 1.21. The molecule has 2 amide bonds. The zero-order valence-corrected chi connectivity index (χ0v) is 18.3. The van der Waals surface area contributed by atoms with Crippen LogP contribution in [0.25, 0.3) is 0 Å². The number of likely N-dealkylation sites (tertiary alicyclic amines) is 1. The largest absolute Gasteiger partial charge is 0.466 e. The molecule has 6 nitrogen and oxygen atoms in total. The van der Waals surface area contributed by atoms with Crippen LogP contribution in [0.4, 0.5) is 0 Å². The summed E-state index contributed by atoms with van der Waals surface area (Å²) < 4.78 is 5.09. The molecule has 0 aliphatic carbocycles. The Balaban J connectivity index is 1.67. The van der Waals surface area contributed by atoms with Gasteiger partial charge in [0.15, 0.2) is 0 Å². The zero-order valence-electron chi connectivity index (χ0n) is 17.6. The van der Waals surface area contributed by atoms with Gasteiger partial charge in [-0.05, 0) is 37.5 Å². The minimum absolute atomic E-state index is 0.0596. The van der Waals surface area contributed by atoms with Crippen LogP contribution in [-0.4, -0.2) is 42.4 Å². The van der Waals surface area contributed by atoms with E-state index in [4.69, 9.17) is 16.3 Å². The lowest BCUT2D eigenvalue weighted by molar-refractivity contribution is -0.151. The molecule has 3 rings (SSSR count). The number of amides is 2. The molecule has 1 fully saturated rings. The lowest BCUT2D eigenvalue weighted by atomic mass is 9.96. The average molecular weight is 443 g/mol. The Labute approximate surface area is 187 Å². The third-order valence-corrected chi connectivity index (χ3v) is 5.80. The van der Waals surface area contributed by atoms with Crippen LogP contribution < -0.4 is 5.32 Å². The van der Waals surface area contributed by atoms with Crippen molar-refractivity contribution in [3.63, 3.8) is 0 Å². The van der Waals surface area contributed by atoms with Crippen LogP contribution in [0.5, 0.6) is 0 Å². The molecule has 1 atom stereocenters. The molecule has 0 bridgehead atoms. The Kier molecular flexibility index (Phi) is 8.06. The molecule has 1 aliphatic heterocycles. The van der Waals surface area contributed by atoms with Crippen LogP contribution in [0.3, 0.4) is 0 Å². The summed E-state index contributed by atoms with van der Waals surface area (Å²) in [5.74, 6) is -0.735. The number of halogens is 1. The molecule has 1 N–H and O–H groups in total. The summed E-state index contributed by atoms with van der Waals surface area (Å²) in [6, 6.07) is 15.7. The second-order valence-corrected chi connectivity index (χ2v) is 7.94. The Morgan fingerprint density at radius 1 is 1.06 bits per heavy atom. The first-order chi connectivity index (χ1) is 15.0. The fraction of sp³-hybridized carbons (Fsp3) is 0.375. The van der Waals surface area contributed by atoms with E-state index in [1.165, 1.54) is 0 Å². The van der Waals surface area contributed by atoms with Crippen molar-refractivity contribution in [1.29, 1.82) is 0 Å². The number of ether oxygens (including phenoxy) is 1.